The number of benzene rings is 1. The number of carbonyl (C=O) groups excluding carboxylic acids is 4. The third kappa shape index (κ3) is 9.04. The number of allylic oxidation sites excluding steroid dienone is 2. The molecule has 43 heavy (non-hydrogen) atoms. The molecule has 2 heterocycles. The lowest BCUT2D eigenvalue weighted by atomic mass is 9.82. The van der Waals surface area contributed by atoms with E-state index in [1.165, 1.54) is 12.7 Å². The van der Waals surface area contributed by atoms with Crippen molar-refractivity contribution in [3.63, 3.8) is 0 Å². The van der Waals surface area contributed by atoms with Gasteiger partial charge in [-0.15, -0.1) is 0 Å². The largest absolute Gasteiger partial charge is 0.497 e. The molecule has 1 aromatic carbocycles. The highest BCUT2D eigenvalue weighted by Crippen LogP contribution is 2.36. The fourth-order valence-electron chi connectivity index (χ4n) is 5.94. The lowest BCUT2D eigenvalue weighted by Gasteiger charge is -2.29. The Labute approximate surface area is 254 Å². The molecule has 0 unspecified atom stereocenters. The van der Waals surface area contributed by atoms with Gasteiger partial charge >= 0.3 is 0 Å². The number of hydrogen-bond donors (Lipinski definition) is 1. The number of amides is 1. The maximum absolute atomic E-state index is 14.1. The molecule has 2 fully saturated rings. The van der Waals surface area contributed by atoms with Crippen molar-refractivity contribution >= 4 is 23.3 Å². The molecule has 2 saturated heterocycles. The summed E-state index contributed by atoms with van der Waals surface area (Å²) in [5, 5.41) is 2.91. The molecule has 1 N–H and O–H groups in total. The van der Waals surface area contributed by atoms with E-state index >= 15 is 0 Å². The molecule has 2 aliphatic heterocycles. The van der Waals surface area contributed by atoms with Crippen LogP contribution in [0.5, 0.6) is 5.75 Å². The van der Waals surface area contributed by atoms with E-state index in [0.29, 0.717) is 50.6 Å². The number of ketones is 3. The minimum atomic E-state index is -1.07. The molecule has 4 rings (SSSR count). The number of epoxide rings is 1. The SMILES string of the molecule is COc1ccc([C@@H](OC)[C@H](NC(=O)[C@H](C)CC(=O)CN2CCOCC2)C(=O)C[C@@H](CC2=CCCC2)C(=O)[C@@]2(C)CO2)cc1. The van der Waals surface area contributed by atoms with Crippen molar-refractivity contribution in [1.29, 1.82) is 0 Å². The number of hydrogen-bond acceptors (Lipinski definition) is 9. The second-order valence-corrected chi connectivity index (χ2v) is 12.2. The maximum Gasteiger partial charge on any atom is 0.223 e. The molecule has 3 aliphatic rings. The van der Waals surface area contributed by atoms with Crippen molar-refractivity contribution < 1.29 is 38.1 Å². The van der Waals surface area contributed by atoms with E-state index in [1.807, 2.05) is 4.90 Å². The summed E-state index contributed by atoms with van der Waals surface area (Å²) in [6.45, 7) is 6.59. The standard InChI is InChI=1S/C33H46N2O8/c1-22(17-26(36)20-35-13-15-42-16-14-35)32(39)34-29(30(41-4)24-9-11-27(40-3)12-10-24)28(37)19-25(18-23-7-5-6-8-23)31(38)33(2)21-43-33/h7,9-12,22,25,29-30H,5-6,8,13-21H2,1-4H3,(H,34,39)/t22-,25-,29-,30-,33-/m1/s1. The minimum absolute atomic E-state index is 0.0425. The number of ether oxygens (including phenoxy) is 4. The van der Waals surface area contributed by atoms with Gasteiger partial charge in [-0.25, -0.2) is 0 Å². The van der Waals surface area contributed by atoms with Gasteiger partial charge in [0.25, 0.3) is 0 Å². The summed E-state index contributed by atoms with van der Waals surface area (Å²) in [5.74, 6) is -1.42. The van der Waals surface area contributed by atoms with Crippen molar-refractivity contribution in [3.8, 4) is 5.75 Å². The quantitative estimate of drug-likeness (QED) is 0.213. The maximum atomic E-state index is 14.1. The van der Waals surface area contributed by atoms with Crippen molar-refractivity contribution in [3.05, 3.63) is 41.5 Å². The molecule has 0 bridgehead atoms. The zero-order valence-corrected chi connectivity index (χ0v) is 25.9. The second kappa shape index (κ2) is 15.2. The Kier molecular flexibility index (Phi) is 11.7. The lowest BCUT2D eigenvalue weighted by Crippen LogP contribution is -2.49. The highest BCUT2D eigenvalue weighted by Gasteiger charge is 2.50. The molecule has 1 amide bonds. The third-order valence-corrected chi connectivity index (χ3v) is 8.69. The summed E-state index contributed by atoms with van der Waals surface area (Å²) in [7, 11) is 3.06. The number of Topliss-reactive ketones (excluding diaryl/α,β-unsaturated/α-hetero) is 3. The van der Waals surface area contributed by atoms with E-state index in [1.54, 1.807) is 45.2 Å². The van der Waals surface area contributed by atoms with Crippen LogP contribution in [0.25, 0.3) is 0 Å². The van der Waals surface area contributed by atoms with Crippen LogP contribution in [0.2, 0.25) is 0 Å². The third-order valence-electron chi connectivity index (χ3n) is 8.69. The minimum Gasteiger partial charge on any atom is -0.497 e. The smallest absolute Gasteiger partial charge is 0.223 e. The van der Waals surface area contributed by atoms with E-state index in [-0.39, 0.29) is 36.7 Å². The zero-order chi connectivity index (χ0) is 31.0. The Bertz CT molecular complexity index is 1170. The molecule has 0 spiro atoms. The average molecular weight is 599 g/mol. The first-order valence-electron chi connectivity index (χ1n) is 15.3. The van der Waals surface area contributed by atoms with Gasteiger partial charge in [0.2, 0.25) is 5.91 Å². The Morgan fingerprint density at radius 1 is 1.07 bits per heavy atom. The Morgan fingerprint density at radius 3 is 2.35 bits per heavy atom. The molecular weight excluding hydrogens is 552 g/mol. The van der Waals surface area contributed by atoms with E-state index in [2.05, 4.69) is 11.4 Å². The molecular formula is C33H46N2O8. The summed E-state index contributed by atoms with van der Waals surface area (Å²) in [5.41, 5.74) is 0.994. The average Bonchev–Trinajstić information content (AvgIpc) is 3.55. The van der Waals surface area contributed by atoms with Gasteiger partial charge in [0.15, 0.2) is 11.6 Å². The van der Waals surface area contributed by atoms with Gasteiger partial charge in [0, 0.05) is 44.9 Å². The number of methoxy groups -OCH3 is 2. The normalized spacial score (nSPS) is 23.0. The van der Waals surface area contributed by atoms with Gasteiger partial charge in [-0.2, -0.15) is 0 Å². The van der Waals surface area contributed by atoms with Crippen LogP contribution in [0.15, 0.2) is 35.9 Å². The summed E-state index contributed by atoms with van der Waals surface area (Å²) < 4.78 is 21.9. The fraction of sp³-hybridized carbons (Fsp3) is 0.636. The Balaban J connectivity index is 1.52. The highest BCUT2D eigenvalue weighted by molar-refractivity contribution is 5.97. The monoisotopic (exact) mass is 598 g/mol. The summed E-state index contributed by atoms with van der Waals surface area (Å²) in [6, 6.07) is 6.05. The molecule has 0 aromatic heterocycles. The molecule has 10 heteroatoms. The van der Waals surface area contributed by atoms with Crippen LogP contribution in [0, 0.1) is 11.8 Å². The lowest BCUT2D eigenvalue weighted by molar-refractivity contribution is -0.137. The zero-order valence-electron chi connectivity index (χ0n) is 25.9. The van der Waals surface area contributed by atoms with Gasteiger partial charge in [-0.3, -0.25) is 24.1 Å². The van der Waals surface area contributed by atoms with Gasteiger partial charge in [0.05, 0.1) is 33.5 Å². The molecule has 1 aliphatic carbocycles. The van der Waals surface area contributed by atoms with E-state index in [4.69, 9.17) is 18.9 Å². The van der Waals surface area contributed by atoms with Gasteiger partial charge < -0.3 is 24.3 Å². The Hall–Kier alpha value is -2.92. The molecule has 10 nitrogen and oxygen atoms in total. The molecule has 236 valence electrons. The van der Waals surface area contributed by atoms with E-state index < -0.39 is 35.5 Å². The van der Waals surface area contributed by atoms with Gasteiger partial charge in [0.1, 0.15) is 29.3 Å². The first kappa shape index (κ1) is 33.0. The number of nitrogens with one attached hydrogen (secondary N) is 1. The van der Waals surface area contributed by atoms with Crippen LogP contribution in [0.1, 0.15) is 64.0 Å². The van der Waals surface area contributed by atoms with E-state index in [9.17, 15) is 19.2 Å². The number of rotatable bonds is 17. The molecule has 0 saturated carbocycles. The van der Waals surface area contributed by atoms with Gasteiger partial charge in [-0.05, 0) is 50.3 Å². The van der Waals surface area contributed by atoms with Crippen LogP contribution in [0.4, 0.5) is 0 Å². The molecule has 5 atom stereocenters. The Morgan fingerprint density at radius 2 is 1.77 bits per heavy atom. The predicted octanol–water partition coefficient (Wildman–Crippen LogP) is 3.23. The van der Waals surface area contributed by atoms with Crippen molar-refractivity contribution in [2.45, 2.75) is 70.1 Å². The van der Waals surface area contributed by atoms with Gasteiger partial charge in [-0.1, -0.05) is 30.7 Å². The first-order valence-corrected chi connectivity index (χ1v) is 15.3. The number of nitrogens with zero attached hydrogens (tertiary/aromatic N) is 1. The fourth-order valence-corrected chi connectivity index (χ4v) is 5.94. The first-order chi connectivity index (χ1) is 20.6. The number of morpholine rings is 1. The predicted molar refractivity (Wildman–Crippen MR) is 160 cm³/mol. The summed E-state index contributed by atoms with van der Waals surface area (Å²) in [4.78, 5) is 55.9. The van der Waals surface area contributed by atoms with E-state index in [0.717, 1.165) is 19.3 Å². The molecule has 0 radical (unpaired) electrons. The van der Waals surface area contributed by atoms with Crippen molar-refractivity contribution in [2.75, 3.05) is 53.7 Å². The van der Waals surface area contributed by atoms with Crippen LogP contribution < -0.4 is 10.1 Å². The van der Waals surface area contributed by atoms with Crippen LogP contribution >= 0.6 is 0 Å². The van der Waals surface area contributed by atoms with Crippen LogP contribution in [-0.2, 0) is 33.4 Å². The summed E-state index contributed by atoms with van der Waals surface area (Å²) in [6.07, 6.45) is 4.77. The van der Waals surface area contributed by atoms with Crippen molar-refractivity contribution in [1.82, 2.24) is 10.2 Å². The highest BCUT2D eigenvalue weighted by atomic mass is 16.6. The number of carbonyl (C=O) groups is 4. The van der Waals surface area contributed by atoms with Crippen molar-refractivity contribution in [2.24, 2.45) is 11.8 Å². The van der Waals surface area contributed by atoms with Crippen LogP contribution in [0.3, 0.4) is 0 Å². The molecule has 1 aromatic rings. The van der Waals surface area contributed by atoms with Crippen LogP contribution in [-0.4, -0.2) is 93.5 Å². The second-order valence-electron chi connectivity index (χ2n) is 12.2. The summed E-state index contributed by atoms with van der Waals surface area (Å²) >= 11 is 0. The topological polar surface area (TPSA) is 124 Å².